The molecule has 6 heteroatoms. The van der Waals surface area contributed by atoms with E-state index in [1.54, 1.807) is 24.5 Å². The predicted octanol–water partition coefficient (Wildman–Crippen LogP) is 2.14. The topological polar surface area (TPSA) is 96.9 Å². The summed E-state index contributed by atoms with van der Waals surface area (Å²) in [5, 5.41) is 3.66. The van der Waals surface area contributed by atoms with Gasteiger partial charge in [0.2, 0.25) is 5.95 Å². The number of nitrogens with two attached hydrogens (primary N) is 1. The molecule has 0 fully saturated rings. The molecule has 0 bridgehead atoms. The fraction of sp³-hybridized carbons (Fsp3) is 0.200. The third-order valence-electron chi connectivity index (χ3n) is 3.20. The molecule has 0 amide bonds. The molecule has 0 aliphatic rings. The number of nitrogen functional groups attached to an aromatic ring is 1. The van der Waals surface area contributed by atoms with E-state index >= 15 is 0 Å². The van der Waals surface area contributed by atoms with Crippen LogP contribution >= 0.6 is 0 Å². The maximum Gasteiger partial charge on any atom is 0.260 e. The number of H-pyrrole nitrogens is 1. The Morgan fingerprint density at radius 1 is 1.43 bits per heavy atom. The summed E-state index contributed by atoms with van der Waals surface area (Å²) < 4.78 is 5.30. The molecule has 3 aromatic rings. The van der Waals surface area contributed by atoms with Gasteiger partial charge in [-0.2, -0.15) is 0 Å². The zero-order valence-electron chi connectivity index (χ0n) is 11.6. The van der Waals surface area contributed by atoms with Gasteiger partial charge in [0.15, 0.2) is 0 Å². The number of aromatic amines is 1. The van der Waals surface area contributed by atoms with E-state index in [1.165, 1.54) is 0 Å². The Labute approximate surface area is 121 Å². The fourth-order valence-corrected chi connectivity index (χ4v) is 2.24. The first-order chi connectivity index (χ1) is 10.1. The Morgan fingerprint density at radius 2 is 2.29 bits per heavy atom. The predicted molar refractivity (Wildman–Crippen MR) is 82.3 cm³/mol. The van der Waals surface area contributed by atoms with Crippen LogP contribution < -0.4 is 16.6 Å². The fourth-order valence-electron chi connectivity index (χ4n) is 2.24. The van der Waals surface area contributed by atoms with Crippen LogP contribution in [0.25, 0.3) is 10.9 Å². The van der Waals surface area contributed by atoms with Gasteiger partial charge in [-0.15, -0.1) is 0 Å². The first-order valence-electron chi connectivity index (χ1n) is 6.70. The lowest BCUT2D eigenvalue weighted by Gasteiger charge is -2.13. The third-order valence-corrected chi connectivity index (χ3v) is 3.20. The summed E-state index contributed by atoms with van der Waals surface area (Å²) in [5.41, 5.74) is 6.63. The highest BCUT2D eigenvalue weighted by atomic mass is 16.3. The van der Waals surface area contributed by atoms with Gasteiger partial charge in [-0.25, -0.2) is 4.98 Å². The molecule has 4 N–H and O–H groups in total. The minimum atomic E-state index is -0.208. The van der Waals surface area contributed by atoms with Crippen molar-refractivity contribution < 1.29 is 4.42 Å². The summed E-state index contributed by atoms with van der Waals surface area (Å²) in [4.78, 5) is 19.2. The Balaban J connectivity index is 1.84. The highest BCUT2D eigenvalue weighted by Gasteiger charge is 2.09. The summed E-state index contributed by atoms with van der Waals surface area (Å²) in [6.07, 6.45) is 2.35. The van der Waals surface area contributed by atoms with Crippen LogP contribution in [-0.4, -0.2) is 16.0 Å². The molecule has 0 aliphatic heterocycles. The molecule has 108 valence electrons. The van der Waals surface area contributed by atoms with Crippen molar-refractivity contribution in [1.82, 2.24) is 9.97 Å². The van der Waals surface area contributed by atoms with E-state index < -0.39 is 0 Å². The molecule has 1 atom stereocenters. The van der Waals surface area contributed by atoms with Gasteiger partial charge in [0.1, 0.15) is 5.76 Å². The van der Waals surface area contributed by atoms with E-state index in [1.807, 2.05) is 19.1 Å². The van der Waals surface area contributed by atoms with Gasteiger partial charge in [-0.3, -0.25) is 9.78 Å². The SMILES string of the molecule is CC(Cc1ccco1)Nc1nc2ccc(N)cc2c(=O)[nH]1. The van der Waals surface area contributed by atoms with Crippen molar-refractivity contribution in [1.29, 1.82) is 0 Å². The molecular weight excluding hydrogens is 268 g/mol. The number of hydrogen-bond donors (Lipinski definition) is 3. The van der Waals surface area contributed by atoms with Crippen LogP contribution in [0.15, 0.2) is 45.8 Å². The van der Waals surface area contributed by atoms with Crippen molar-refractivity contribution in [2.75, 3.05) is 11.1 Å². The zero-order chi connectivity index (χ0) is 14.8. The van der Waals surface area contributed by atoms with Crippen molar-refractivity contribution in [3.8, 4) is 0 Å². The van der Waals surface area contributed by atoms with Gasteiger partial charge >= 0.3 is 0 Å². The molecule has 0 saturated carbocycles. The normalized spacial score (nSPS) is 12.4. The molecule has 0 radical (unpaired) electrons. The van der Waals surface area contributed by atoms with Gasteiger partial charge < -0.3 is 15.5 Å². The third kappa shape index (κ3) is 2.89. The number of benzene rings is 1. The Hall–Kier alpha value is -2.76. The van der Waals surface area contributed by atoms with Gasteiger partial charge in [0.25, 0.3) is 5.56 Å². The van der Waals surface area contributed by atoms with Crippen molar-refractivity contribution in [2.24, 2.45) is 0 Å². The molecule has 1 unspecified atom stereocenters. The monoisotopic (exact) mass is 284 g/mol. The average Bonchev–Trinajstić information content (AvgIpc) is 2.92. The second-order valence-electron chi connectivity index (χ2n) is 5.02. The Morgan fingerprint density at radius 3 is 3.05 bits per heavy atom. The minimum Gasteiger partial charge on any atom is -0.469 e. The van der Waals surface area contributed by atoms with Crippen LogP contribution in [0.3, 0.4) is 0 Å². The summed E-state index contributed by atoms with van der Waals surface area (Å²) in [6.45, 7) is 2.00. The molecular formula is C15H16N4O2. The molecule has 21 heavy (non-hydrogen) atoms. The van der Waals surface area contributed by atoms with Gasteiger partial charge in [-0.1, -0.05) is 0 Å². The zero-order valence-corrected chi connectivity index (χ0v) is 11.6. The molecule has 6 nitrogen and oxygen atoms in total. The molecule has 0 spiro atoms. The molecule has 0 saturated heterocycles. The lowest BCUT2D eigenvalue weighted by Crippen LogP contribution is -2.22. The van der Waals surface area contributed by atoms with Crippen LogP contribution in [0.4, 0.5) is 11.6 Å². The van der Waals surface area contributed by atoms with Crippen molar-refractivity contribution in [2.45, 2.75) is 19.4 Å². The summed E-state index contributed by atoms with van der Waals surface area (Å²) in [5.74, 6) is 1.32. The molecule has 2 heterocycles. The van der Waals surface area contributed by atoms with E-state index in [0.717, 1.165) is 5.76 Å². The molecule has 0 aliphatic carbocycles. The van der Waals surface area contributed by atoms with Gasteiger partial charge in [0.05, 0.1) is 17.2 Å². The van der Waals surface area contributed by atoms with Crippen LogP contribution in [0, 0.1) is 0 Å². The first kappa shape index (κ1) is 13.2. The van der Waals surface area contributed by atoms with E-state index in [0.29, 0.717) is 29.0 Å². The van der Waals surface area contributed by atoms with Gasteiger partial charge in [-0.05, 0) is 37.3 Å². The lowest BCUT2D eigenvalue weighted by molar-refractivity contribution is 0.497. The number of aromatic nitrogens is 2. The van der Waals surface area contributed by atoms with Gasteiger partial charge in [0, 0.05) is 18.2 Å². The second kappa shape index (κ2) is 5.32. The number of anilines is 2. The maximum atomic E-state index is 12.0. The van der Waals surface area contributed by atoms with Crippen molar-refractivity contribution >= 4 is 22.5 Å². The molecule has 1 aromatic carbocycles. The highest BCUT2D eigenvalue weighted by molar-refractivity contribution is 5.81. The van der Waals surface area contributed by atoms with Crippen molar-refractivity contribution in [3.63, 3.8) is 0 Å². The van der Waals surface area contributed by atoms with E-state index in [2.05, 4.69) is 15.3 Å². The van der Waals surface area contributed by atoms with E-state index in [-0.39, 0.29) is 11.6 Å². The number of nitrogens with one attached hydrogen (secondary N) is 2. The number of hydrogen-bond acceptors (Lipinski definition) is 5. The lowest BCUT2D eigenvalue weighted by atomic mass is 10.2. The second-order valence-corrected chi connectivity index (χ2v) is 5.02. The maximum absolute atomic E-state index is 12.0. The number of nitrogens with zero attached hydrogens (tertiary/aromatic N) is 1. The first-order valence-corrected chi connectivity index (χ1v) is 6.70. The smallest absolute Gasteiger partial charge is 0.260 e. The Bertz CT molecular complexity index is 808. The Kier molecular flexibility index (Phi) is 3.35. The van der Waals surface area contributed by atoms with Crippen LogP contribution in [0.2, 0.25) is 0 Å². The summed E-state index contributed by atoms with van der Waals surface area (Å²) >= 11 is 0. The standard InChI is InChI=1S/C15H16N4O2/c1-9(7-11-3-2-6-21-11)17-15-18-13-5-4-10(16)8-12(13)14(20)19-15/h2-6,8-9H,7,16H2,1H3,(H2,17,18,19,20). The highest BCUT2D eigenvalue weighted by Crippen LogP contribution is 2.14. The number of rotatable bonds is 4. The van der Waals surface area contributed by atoms with Crippen molar-refractivity contribution in [3.05, 3.63) is 52.7 Å². The number of fused-ring (bicyclic) bond motifs is 1. The van der Waals surface area contributed by atoms with Crippen LogP contribution in [-0.2, 0) is 6.42 Å². The quantitative estimate of drug-likeness (QED) is 0.638. The van der Waals surface area contributed by atoms with Crippen LogP contribution in [0.5, 0.6) is 0 Å². The summed E-state index contributed by atoms with van der Waals surface area (Å²) in [7, 11) is 0. The van der Waals surface area contributed by atoms with E-state index in [4.69, 9.17) is 10.2 Å². The largest absolute Gasteiger partial charge is 0.469 e. The molecule has 3 rings (SSSR count). The average molecular weight is 284 g/mol. The summed E-state index contributed by atoms with van der Waals surface area (Å²) in [6, 6.07) is 8.93. The number of furan rings is 1. The molecule has 2 aromatic heterocycles. The van der Waals surface area contributed by atoms with E-state index in [9.17, 15) is 4.79 Å². The van der Waals surface area contributed by atoms with Crippen LogP contribution in [0.1, 0.15) is 12.7 Å². The minimum absolute atomic E-state index is 0.0746.